The molecule has 74 valence electrons. The molecule has 1 aliphatic rings. The Morgan fingerprint density at radius 3 is 2.50 bits per heavy atom. The summed E-state index contributed by atoms with van der Waals surface area (Å²) in [5, 5.41) is 10.3. The Balaban J connectivity index is 2.68. The fraction of sp³-hybridized carbons (Fsp3) is 0.222. The molecular weight excluding hydrogens is 186 g/mol. The van der Waals surface area contributed by atoms with Crippen molar-refractivity contribution in [3.05, 3.63) is 23.8 Å². The van der Waals surface area contributed by atoms with Gasteiger partial charge in [-0.3, -0.25) is 9.59 Å². The molecule has 0 saturated heterocycles. The number of carboxylic acid groups (broad SMARTS) is 1. The zero-order valence-corrected chi connectivity index (χ0v) is 7.23. The second-order valence-electron chi connectivity index (χ2n) is 2.91. The van der Waals surface area contributed by atoms with Gasteiger partial charge in [-0.2, -0.15) is 0 Å². The Kier molecular flexibility index (Phi) is 2.93. The molecule has 0 aliphatic heterocycles. The number of carbonyl (C=O) groups excluding carboxylic acids is 3. The number of rotatable bonds is 3. The molecule has 1 atom stereocenters. The van der Waals surface area contributed by atoms with Crippen molar-refractivity contribution in [3.8, 4) is 0 Å². The van der Waals surface area contributed by atoms with Crippen molar-refractivity contribution in [2.45, 2.75) is 12.5 Å². The topological polar surface area (TPSA) is 100 Å². The van der Waals surface area contributed by atoms with Gasteiger partial charge in [0, 0.05) is 6.04 Å². The molecule has 0 aromatic heterocycles. The Labute approximate surface area is 79.9 Å². The van der Waals surface area contributed by atoms with E-state index in [1.165, 1.54) is 6.08 Å². The van der Waals surface area contributed by atoms with Gasteiger partial charge in [0.1, 0.15) is 0 Å². The van der Waals surface area contributed by atoms with Gasteiger partial charge in [0.25, 0.3) is 0 Å². The van der Waals surface area contributed by atoms with Crippen LogP contribution in [0.2, 0.25) is 0 Å². The van der Waals surface area contributed by atoms with Crippen LogP contribution in [0.5, 0.6) is 0 Å². The van der Waals surface area contributed by atoms with Crippen molar-refractivity contribution in [3.63, 3.8) is 0 Å². The third-order valence-electron chi connectivity index (χ3n) is 1.77. The summed E-state index contributed by atoms with van der Waals surface area (Å²) in [7, 11) is 0. The van der Waals surface area contributed by atoms with Gasteiger partial charge in [-0.15, -0.1) is 0 Å². The summed E-state index contributed by atoms with van der Waals surface area (Å²) in [6, 6.07) is -1.16. The van der Waals surface area contributed by atoms with Crippen LogP contribution in [0.15, 0.2) is 23.8 Å². The number of allylic oxidation sites excluding steroid dienone is 3. The van der Waals surface area contributed by atoms with Gasteiger partial charge in [-0.05, 0) is 24.1 Å². The zero-order chi connectivity index (χ0) is 10.7. The maximum atomic E-state index is 10.9. The first-order valence-corrected chi connectivity index (χ1v) is 3.94. The third-order valence-corrected chi connectivity index (χ3v) is 1.77. The van der Waals surface area contributed by atoms with Crippen LogP contribution in [0.1, 0.15) is 6.42 Å². The van der Waals surface area contributed by atoms with E-state index < -0.39 is 23.6 Å². The van der Waals surface area contributed by atoms with Gasteiger partial charge in [-0.25, -0.2) is 0 Å². The molecule has 0 radical (unpaired) electrons. The van der Waals surface area contributed by atoms with Crippen molar-refractivity contribution in [2.24, 2.45) is 5.73 Å². The first-order chi connectivity index (χ1) is 6.50. The molecule has 14 heavy (non-hydrogen) atoms. The summed E-state index contributed by atoms with van der Waals surface area (Å²) >= 11 is 0. The fourth-order valence-corrected chi connectivity index (χ4v) is 1.02. The lowest BCUT2D eigenvalue weighted by atomic mass is 9.99. The molecule has 0 saturated carbocycles. The summed E-state index contributed by atoms with van der Waals surface area (Å²) in [4.78, 5) is 31.9. The van der Waals surface area contributed by atoms with Crippen molar-refractivity contribution in [1.82, 2.24) is 0 Å². The summed E-state index contributed by atoms with van der Waals surface area (Å²) in [6.45, 7) is 0. The Morgan fingerprint density at radius 2 is 2.00 bits per heavy atom. The van der Waals surface area contributed by atoms with E-state index in [4.69, 9.17) is 5.73 Å². The average molecular weight is 194 g/mol. The van der Waals surface area contributed by atoms with Crippen LogP contribution in [0.3, 0.4) is 0 Å². The zero-order valence-electron chi connectivity index (χ0n) is 7.23. The molecule has 2 N–H and O–H groups in total. The van der Waals surface area contributed by atoms with E-state index in [1.54, 1.807) is 0 Å². The molecular formula is C9H8NO4-. The van der Waals surface area contributed by atoms with Crippen LogP contribution in [-0.4, -0.2) is 23.6 Å². The predicted molar refractivity (Wildman–Crippen MR) is 44.8 cm³/mol. The van der Waals surface area contributed by atoms with Gasteiger partial charge < -0.3 is 15.6 Å². The van der Waals surface area contributed by atoms with E-state index >= 15 is 0 Å². The minimum Gasteiger partial charge on any atom is -0.548 e. The molecule has 5 nitrogen and oxygen atoms in total. The largest absolute Gasteiger partial charge is 0.548 e. The van der Waals surface area contributed by atoms with E-state index in [1.807, 2.05) is 0 Å². The summed E-state index contributed by atoms with van der Waals surface area (Å²) in [5.41, 5.74) is 5.62. The first kappa shape index (κ1) is 10.3. The van der Waals surface area contributed by atoms with Crippen molar-refractivity contribution in [1.29, 1.82) is 0 Å². The number of aliphatic carboxylic acids is 1. The highest BCUT2D eigenvalue weighted by atomic mass is 16.4. The van der Waals surface area contributed by atoms with Crippen LogP contribution in [0.4, 0.5) is 0 Å². The number of carboxylic acids is 1. The molecule has 1 rings (SSSR count). The molecule has 0 aromatic rings. The standard InChI is InChI=1S/C9H9NO4/c10-6(9(13)14)3-5-1-2-7(11)8(12)4-5/h1-2,4,6H,3,10H2,(H,13,14)/p-1/t6-/m0/s1. The number of ketones is 2. The minimum absolute atomic E-state index is 0.0160. The lowest BCUT2D eigenvalue weighted by Crippen LogP contribution is -2.42. The second-order valence-corrected chi connectivity index (χ2v) is 2.91. The van der Waals surface area contributed by atoms with Crippen LogP contribution in [0.25, 0.3) is 0 Å². The number of hydrogen-bond donors (Lipinski definition) is 1. The highest BCUT2D eigenvalue weighted by Gasteiger charge is 2.15. The maximum absolute atomic E-state index is 10.9. The summed E-state index contributed by atoms with van der Waals surface area (Å²) in [5.74, 6) is -2.66. The monoisotopic (exact) mass is 194 g/mol. The molecule has 0 unspecified atom stereocenters. The maximum Gasteiger partial charge on any atom is 0.225 e. The lowest BCUT2D eigenvalue weighted by molar-refractivity contribution is -0.307. The van der Waals surface area contributed by atoms with Crippen LogP contribution in [0, 0.1) is 0 Å². The van der Waals surface area contributed by atoms with Gasteiger partial charge in [-0.1, -0.05) is 6.08 Å². The van der Waals surface area contributed by atoms with E-state index in [-0.39, 0.29) is 6.42 Å². The predicted octanol–water partition coefficient (Wildman–Crippen LogP) is -1.91. The summed E-state index contributed by atoms with van der Waals surface area (Å²) in [6.07, 6.45) is 3.55. The van der Waals surface area contributed by atoms with E-state index in [0.717, 1.165) is 12.2 Å². The minimum atomic E-state index is -1.39. The number of hydrogen-bond acceptors (Lipinski definition) is 5. The molecule has 0 fully saturated rings. The normalized spacial score (nSPS) is 17.9. The SMILES string of the molecule is N[C@@H](CC1=CC(=O)C(=O)C=C1)C(=O)[O-]. The highest BCUT2D eigenvalue weighted by Crippen LogP contribution is 2.10. The Hall–Kier alpha value is -1.75. The molecule has 0 amide bonds. The Bertz CT molecular complexity index is 354. The van der Waals surface area contributed by atoms with Crippen LogP contribution < -0.4 is 10.8 Å². The summed E-state index contributed by atoms with van der Waals surface area (Å²) < 4.78 is 0. The van der Waals surface area contributed by atoms with E-state index in [9.17, 15) is 19.5 Å². The van der Waals surface area contributed by atoms with E-state index in [0.29, 0.717) is 5.57 Å². The third kappa shape index (κ3) is 2.37. The number of nitrogens with two attached hydrogens (primary N) is 1. The van der Waals surface area contributed by atoms with Gasteiger partial charge >= 0.3 is 0 Å². The van der Waals surface area contributed by atoms with Gasteiger partial charge in [0.05, 0.1) is 5.97 Å². The smallest absolute Gasteiger partial charge is 0.225 e. The van der Waals surface area contributed by atoms with Gasteiger partial charge in [0.2, 0.25) is 11.6 Å². The van der Waals surface area contributed by atoms with Crippen molar-refractivity contribution in [2.75, 3.05) is 0 Å². The molecule has 0 heterocycles. The lowest BCUT2D eigenvalue weighted by Gasteiger charge is -2.13. The average Bonchev–Trinajstić information content (AvgIpc) is 2.11. The van der Waals surface area contributed by atoms with Crippen LogP contribution in [-0.2, 0) is 14.4 Å². The first-order valence-electron chi connectivity index (χ1n) is 3.94. The molecule has 5 heteroatoms. The molecule has 0 bridgehead atoms. The highest BCUT2D eigenvalue weighted by molar-refractivity contribution is 6.46. The molecule has 0 aromatic carbocycles. The molecule has 1 aliphatic carbocycles. The second kappa shape index (κ2) is 3.97. The Morgan fingerprint density at radius 1 is 1.36 bits per heavy atom. The molecule has 0 spiro atoms. The van der Waals surface area contributed by atoms with Gasteiger partial charge in [0.15, 0.2) is 0 Å². The van der Waals surface area contributed by atoms with E-state index in [2.05, 4.69) is 0 Å². The van der Waals surface area contributed by atoms with Crippen LogP contribution >= 0.6 is 0 Å². The quantitative estimate of drug-likeness (QED) is 0.417. The van der Waals surface area contributed by atoms with Crippen molar-refractivity contribution >= 4 is 17.5 Å². The number of carbonyl (C=O) groups is 3. The van der Waals surface area contributed by atoms with Crippen molar-refractivity contribution < 1.29 is 19.5 Å². The fourth-order valence-electron chi connectivity index (χ4n) is 1.02.